The molecule has 2 aromatic rings. The van der Waals surface area contributed by atoms with Crippen LogP contribution in [0, 0.1) is 0 Å². The summed E-state index contributed by atoms with van der Waals surface area (Å²) in [4.78, 5) is 18.9. The highest BCUT2D eigenvalue weighted by atomic mass is 35.5. The fourth-order valence-corrected chi connectivity index (χ4v) is 3.67. The van der Waals surface area contributed by atoms with Crippen LogP contribution in [0.5, 0.6) is 0 Å². The van der Waals surface area contributed by atoms with Crippen LogP contribution in [0.1, 0.15) is 31.4 Å². The first-order chi connectivity index (χ1) is 11.8. The summed E-state index contributed by atoms with van der Waals surface area (Å²) in [5.41, 5.74) is 0.280. The molecule has 0 saturated carbocycles. The zero-order valence-electron chi connectivity index (χ0n) is 14.6. The zero-order chi connectivity index (χ0) is 18.1. The molecule has 1 saturated heterocycles. The molecule has 1 N–H and O–H groups in total. The summed E-state index contributed by atoms with van der Waals surface area (Å²) in [5.74, 6) is 0.0162. The van der Waals surface area contributed by atoms with E-state index >= 15 is 0 Å². The van der Waals surface area contributed by atoms with Crippen LogP contribution in [-0.4, -0.2) is 39.6 Å². The lowest BCUT2D eigenvalue weighted by atomic mass is 9.84. The fourth-order valence-electron chi connectivity index (χ4n) is 3.45. The Hall–Kier alpha value is -1.91. The van der Waals surface area contributed by atoms with Gasteiger partial charge in [0, 0.05) is 36.9 Å². The molecule has 2 heterocycles. The number of rotatable bonds is 4. The first-order valence-corrected chi connectivity index (χ1v) is 8.85. The molecule has 132 valence electrons. The number of β-amino-alcohol motifs (C(OH)–C–C–N with tert-alkyl or cyclic N) is 1. The molecule has 1 aromatic heterocycles. The predicted octanol–water partition coefficient (Wildman–Crippen LogP) is 3.22. The highest BCUT2D eigenvalue weighted by Gasteiger charge is 2.43. The van der Waals surface area contributed by atoms with Crippen LogP contribution in [0.15, 0.2) is 48.8 Å². The third-order valence-electron chi connectivity index (χ3n) is 4.96. The summed E-state index contributed by atoms with van der Waals surface area (Å²) in [6.07, 6.45) is 4.48. The number of nitrogens with zero attached hydrogens (tertiary/aromatic N) is 2. The standard InChI is InChI=1S/C20H23ClN2O2/c1-19(2,16-6-4-9-22-13-16)18(24)23-10-8-20(25,14-23)12-15-5-3-7-17(21)11-15/h3-7,9,11,13,25H,8,10,12,14H2,1-2H3. The molecule has 0 spiro atoms. The zero-order valence-corrected chi connectivity index (χ0v) is 15.3. The second kappa shape index (κ2) is 6.77. The SMILES string of the molecule is CC(C)(C(=O)N1CCC(O)(Cc2cccc(Cl)c2)C1)c1cccnc1. The van der Waals surface area contributed by atoms with Crippen molar-refractivity contribution in [3.63, 3.8) is 0 Å². The van der Waals surface area contributed by atoms with Gasteiger partial charge in [0.15, 0.2) is 0 Å². The van der Waals surface area contributed by atoms with E-state index in [-0.39, 0.29) is 5.91 Å². The number of carbonyl (C=O) groups excluding carboxylic acids is 1. The first kappa shape index (κ1) is 17.9. The van der Waals surface area contributed by atoms with E-state index in [4.69, 9.17) is 11.6 Å². The van der Waals surface area contributed by atoms with E-state index in [2.05, 4.69) is 4.98 Å². The number of benzene rings is 1. The van der Waals surface area contributed by atoms with Gasteiger partial charge in [0.2, 0.25) is 5.91 Å². The van der Waals surface area contributed by atoms with Crippen molar-refractivity contribution in [2.45, 2.75) is 37.7 Å². The Morgan fingerprint density at radius 3 is 2.84 bits per heavy atom. The number of hydrogen-bond donors (Lipinski definition) is 1. The van der Waals surface area contributed by atoms with Crippen molar-refractivity contribution in [1.82, 2.24) is 9.88 Å². The van der Waals surface area contributed by atoms with Crippen LogP contribution in [0.3, 0.4) is 0 Å². The number of likely N-dealkylation sites (tertiary alicyclic amines) is 1. The molecule has 25 heavy (non-hydrogen) atoms. The van der Waals surface area contributed by atoms with Crippen LogP contribution in [0.4, 0.5) is 0 Å². The van der Waals surface area contributed by atoms with E-state index in [0.717, 1.165) is 11.1 Å². The van der Waals surface area contributed by atoms with Crippen molar-refractivity contribution in [2.75, 3.05) is 13.1 Å². The number of hydrogen-bond acceptors (Lipinski definition) is 3. The molecule has 4 nitrogen and oxygen atoms in total. The van der Waals surface area contributed by atoms with Crippen LogP contribution < -0.4 is 0 Å². The Balaban J connectivity index is 1.72. The maximum atomic E-state index is 13.0. The van der Waals surface area contributed by atoms with Gasteiger partial charge in [0.25, 0.3) is 0 Å². The average Bonchev–Trinajstić information content (AvgIpc) is 2.96. The van der Waals surface area contributed by atoms with Crippen LogP contribution >= 0.6 is 11.6 Å². The van der Waals surface area contributed by atoms with Gasteiger partial charge in [-0.25, -0.2) is 0 Å². The van der Waals surface area contributed by atoms with Gasteiger partial charge in [-0.1, -0.05) is 29.8 Å². The second-order valence-electron chi connectivity index (χ2n) is 7.37. The van der Waals surface area contributed by atoms with Crippen molar-refractivity contribution >= 4 is 17.5 Å². The number of amides is 1. The molecule has 3 rings (SSSR count). The Morgan fingerprint density at radius 2 is 2.16 bits per heavy atom. The van der Waals surface area contributed by atoms with Crippen molar-refractivity contribution in [3.05, 3.63) is 64.9 Å². The summed E-state index contributed by atoms with van der Waals surface area (Å²) in [7, 11) is 0. The van der Waals surface area contributed by atoms with Crippen molar-refractivity contribution in [3.8, 4) is 0 Å². The van der Waals surface area contributed by atoms with Gasteiger partial charge in [-0.05, 0) is 49.6 Å². The second-order valence-corrected chi connectivity index (χ2v) is 7.81. The molecule has 1 aromatic carbocycles. The lowest BCUT2D eigenvalue weighted by Gasteiger charge is -2.30. The molecule has 1 amide bonds. The smallest absolute Gasteiger partial charge is 0.232 e. The highest BCUT2D eigenvalue weighted by Crippen LogP contribution is 2.31. The van der Waals surface area contributed by atoms with E-state index in [0.29, 0.717) is 31.0 Å². The summed E-state index contributed by atoms with van der Waals surface area (Å²) in [6.45, 7) is 4.70. The number of aromatic nitrogens is 1. The Labute approximate surface area is 153 Å². The van der Waals surface area contributed by atoms with Gasteiger partial charge >= 0.3 is 0 Å². The van der Waals surface area contributed by atoms with E-state index in [1.165, 1.54) is 0 Å². The molecule has 1 aliphatic heterocycles. The predicted molar refractivity (Wildman–Crippen MR) is 98.6 cm³/mol. The fraction of sp³-hybridized carbons (Fsp3) is 0.400. The molecule has 1 aliphatic rings. The third kappa shape index (κ3) is 3.86. The molecule has 0 aliphatic carbocycles. The number of halogens is 1. The Bertz CT molecular complexity index is 763. The van der Waals surface area contributed by atoms with Crippen molar-refractivity contribution in [1.29, 1.82) is 0 Å². The minimum Gasteiger partial charge on any atom is -0.388 e. The van der Waals surface area contributed by atoms with E-state index in [1.54, 1.807) is 17.3 Å². The minimum atomic E-state index is -0.911. The van der Waals surface area contributed by atoms with Crippen molar-refractivity contribution < 1.29 is 9.90 Å². The lowest BCUT2D eigenvalue weighted by Crippen LogP contribution is -2.45. The van der Waals surface area contributed by atoms with E-state index in [9.17, 15) is 9.90 Å². The van der Waals surface area contributed by atoms with Crippen LogP contribution in [0.25, 0.3) is 0 Å². The molecule has 0 bridgehead atoms. The molecular weight excluding hydrogens is 336 g/mol. The van der Waals surface area contributed by atoms with Gasteiger partial charge in [-0.3, -0.25) is 9.78 Å². The van der Waals surface area contributed by atoms with Crippen LogP contribution in [-0.2, 0) is 16.6 Å². The lowest BCUT2D eigenvalue weighted by molar-refractivity contribution is -0.136. The largest absolute Gasteiger partial charge is 0.388 e. The monoisotopic (exact) mass is 358 g/mol. The molecule has 0 radical (unpaired) electrons. The summed E-state index contributed by atoms with van der Waals surface area (Å²) in [5, 5.41) is 11.6. The molecule has 1 unspecified atom stereocenters. The van der Waals surface area contributed by atoms with E-state index < -0.39 is 11.0 Å². The number of aliphatic hydroxyl groups is 1. The summed E-state index contributed by atoms with van der Waals surface area (Å²) >= 11 is 6.03. The van der Waals surface area contributed by atoms with Gasteiger partial charge < -0.3 is 10.0 Å². The average molecular weight is 359 g/mol. The summed E-state index contributed by atoms with van der Waals surface area (Å²) in [6, 6.07) is 11.3. The van der Waals surface area contributed by atoms with Crippen LogP contribution in [0.2, 0.25) is 5.02 Å². The van der Waals surface area contributed by atoms with Gasteiger partial charge in [-0.15, -0.1) is 0 Å². The van der Waals surface area contributed by atoms with Gasteiger partial charge in [-0.2, -0.15) is 0 Å². The number of carbonyl (C=O) groups is 1. The summed E-state index contributed by atoms with van der Waals surface area (Å²) < 4.78 is 0. The van der Waals surface area contributed by atoms with Crippen molar-refractivity contribution in [2.24, 2.45) is 0 Å². The Kier molecular flexibility index (Phi) is 4.85. The van der Waals surface area contributed by atoms with Gasteiger partial charge in [0.1, 0.15) is 0 Å². The van der Waals surface area contributed by atoms with Gasteiger partial charge in [0.05, 0.1) is 11.0 Å². The molecule has 1 fully saturated rings. The minimum absolute atomic E-state index is 0.0162. The highest BCUT2D eigenvalue weighted by molar-refractivity contribution is 6.30. The quantitative estimate of drug-likeness (QED) is 0.913. The Morgan fingerprint density at radius 1 is 1.36 bits per heavy atom. The topological polar surface area (TPSA) is 53.4 Å². The van der Waals surface area contributed by atoms with E-state index in [1.807, 2.05) is 50.2 Å². The maximum absolute atomic E-state index is 13.0. The molecule has 5 heteroatoms. The third-order valence-corrected chi connectivity index (χ3v) is 5.19. The number of pyridine rings is 1. The normalized spacial score (nSPS) is 20.7. The molecule has 1 atom stereocenters. The maximum Gasteiger partial charge on any atom is 0.232 e. The molecular formula is C20H23ClN2O2. The first-order valence-electron chi connectivity index (χ1n) is 8.47.